The summed E-state index contributed by atoms with van der Waals surface area (Å²) in [5.41, 5.74) is 1.78. The van der Waals surface area contributed by atoms with Gasteiger partial charge in [-0.3, -0.25) is 4.79 Å². The van der Waals surface area contributed by atoms with Crippen molar-refractivity contribution in [1.82, 2.24) is 0 Å². The molecule has 2 aromatic carbocycles. The van der Waals surface area contributed by atoms with Crippen LogP contribution in [-0.2, 0) is 11.2 Å². The maximum atomic E-state index is 10.6. The van der Waals surface area contributed by atoms with E-state index in [2.05, 4.69) is 15.9 Å². The van der Waals surface area contributed by atoms with Gasteiger partial charge in [0.15, 0.2) is 5.01 Å². The third-order valence-corrected chi connectivity index (χ3v) is 3.30. The summed E-state index contributed by atoms with van der Waals surface area (Å²) >= 11 is 3.47. The highest BCUT2D eigenvalue weighted by Gasteiger charge is 2.08. The van der Waals surface area contributed by atoms with E-state index >= 15 is 0 Å². The minimum atomic E-state index is -0.837. The Balaban J connectivity index is 2.01. The number of carboxylic acids is 1. The van der Waals surface area contributed by atoms with E-state index in [4.69, 9.17) is 9.84 Å². The summed E-state index contributed by atoms with van der Waals surface area (Å²) in [7, 11) is 0. The smallest absolute Gasteiger partial charge is 0.307 e. The predicted octanol–water partition coefficient (Wildman–Crippen LogP) is 3.79. The molecule has 0 bridgehead atoms. The van der Waals surface area contributed by atoms with E-state index in [1.54, 1.807) is 24.3 Å². The van der Waals surface area contributed by atoms with E-state index < -0.39 is 5.97 Å². The van der Waals surface area contributed by atoms with Crippen molar-refractivity contribution in [2.45, 2.75) is 11.4 Å². The Labute approximate surface area is 120 Å². The fourth-order valence-corrected chi connectivity index (χ4v) is 2.17. The van der Waals surface area contributed by atoms with Gasteiger partial charge in [0, 0.05) is 5.56 Å². The fourth-order valence-electron chi connectivity index (χ4n) is 1.65. The highest BCUT2D eigenvalue weighted by Crippen LogP contribution is 2.27. The average Bonchev–Trinajstić information content (AvgIpc) is 2.41. The standard InChI is InChI=1S/C15H13BrO3/c16-15(12-4-2-1-3-5-12)19-13-8-6-11(7-9-13)10-14(17)18/h1-9,15H,10H2,(H,17,18). The molecule has 1 atom stereocenters. The summed E-state index contributed by atoms with van der Waals surface area (Å²) in [5, 5.41) is 8.47. The number of hydrogen-bond donors (Lipinski definition) is 1. The summed E-state index contributed by atoms with van der Waals surface area (Å²) in [6.45, 7) is 0. The average molecular weight is 321 g/mol. The van der Waals surface area contributed by atoms with Crippen LogP contribution in [0.15, 0.2) is 54.6 Å². The molecule has 19 heavy (non-hydrogen) atoms. The first kappa shape index (κ1) is 13.6. The van der Waals surface area contributed by atoms with Gasteiger partial charge in [0.2, 0.25) is 0 Å². The Bertz CT molecular complexity index is 537. The maximum Gasteiger partial charge on any atom is 0.307 e. The molecule has 0 amide bonds. The van der Waals surface area contributed by atoms with Crippen molar-refractivity contribution in [3.63, 3.8) is 0 Å². The second-order valence-corrected chi connectivity index (χ2v) is 4.89. The van der Waals surface area contributed by atoms with Gasteiger partial charge in [-0.1, -0.05) is 42.5 Å². The monoisotopic (exact) mass is 320 g/mol. The Morgan fingerprint density at radius 1 is 1.11 bits per heavy atom. The van der Waals surface area contributed by atoms with Gasteiger partial charge >= 0.3 is 5.97 Å². The topological polar surface area (TPSA) is 46.5 Å². The Morgan fingerprint density at radius 3 is 2.32 bits per heavy atom. The summed E-state index contributed by atoms with van der Waals surface area (Å²) in [5.74, 6) is -0.142. The van der Waals surface area contributed by atoms with Gasteiger partial charge in [-0.15, -0.1) is 0 Å². The van der Waals surface area contributed by atoms with E-state index in [0.29, 0.717) is 5.75 Å². The molecule has 0 radical (unpaired) electrons. The lowest BCUT2D eigenvalue weighted by atomic mass is 10.1. The van der Waals surface area contributed by atoms with Crippen LogP contribution in [0.25, 0.3) is 0 Å². The first-order valence-electron chi connectivity index (χ1n) is 5.81. The van der Waals surface area contributed by atoms with Crippen LogP contribution in [-0.4, -0.2) is 11.1 Å². The third-order valence-electron chi connectivity index (χ3n) is 2.58. The Morgan fingerprint density at radius 2 is 1.74 bits per heavy atom. The van der Waals surface area contributed by atoms with Crippen molar-refractivity contribution < 1.29 is 14.6 Å². The minimum Gasteiger partial charge on any atom is -0.481 e. The highest BCUT2D eigenvalue weighted by molar-refractivity contribution is 9.09. The first-order valence-corrected chi connectivity index (χ1v) is 6.73. The number of alkyl halides is 1. The zero-order chi connectivity index (χ0) is 13.7. The summed E-state index contributed by atoms with van der Waals surface area (Å²) in [6, 6.07) is 16.8. The molecule has 0 aliphatic heterocycles. The van der Waals surface area contributed by atoms with Gasteiger partial charge in [0.1, 0.15) is 5.75 Å². The molecule has 0 saturated carbocycles. The molecule has 0 fully saturated rings. The Hall–Kier alpha value is -1.81. The highest BCUT2D eigenvalue weighted by atomic mass is 79.9. The van der Waals surface area contributed by atoms with E-state index in [-0.39, 0.29) is 11.4 Å². The number of benzene rings is 2. The summed E-state index contributed by atoms with van der Waals surface area (Å²) < 4.78 is 5.73. The molecule has 0 aliphatic carbocycles. The quantitative estimate of drug-likeness (QED) is 0.853. The molecule has 2 rings (SSSR count). The molecule has 0 saturated heterocycles. The molecule has 0 aliphatic rings. The lowest BCUT2D eigenvalue weighted by Crippen LogP contribution is -2.01. The van der Waals surface area contributed by atoms with Gasteiger partial charge in [0.25, 0.3) is 0 Å². The van der Waals surface area contributed by atoms with Crippen LogP contribution < -0.4 is 4.74 Å². The number of hydrogen-bond acceptors (Lipinski definition) is 2. The lowest BCUT2D eigenvalue weighted by Gasteiger charge is -2.13. The number of aliphatic carboxylic acids is 1. The third kappa shape index (κ3) is 4.10. The van der Waals surface area contributed by atoms with Crippen LogP contribution in [0, 0.1) is 0 Å². The summed E-state index contributed by atoms with van der Waals surface area (Å²) in [4.78, 5) is 10.6. The molecular formula is C15H13BrO3. The second kappa shape index (κ2) is 6.38. The number of ether oxygens (including phenoxy) is 1. The van der Waals surface area contributed by atoms with E-state index in [1.165, 1.54) is 0 Å². The van der Waals surface area contributed by atoms with Crippen LogP contribution in [0.3, 0.4) is 0 Å². The van der Waals surface area contributed by atoms with Gasteiger partial charge in [-0.05, 0) is 33.6 Å². The van der Waals surface area contributed by atoms with Crippen LogP contribution in [0.1, 0.15) is 16.1 Å². The van der Waals surface area contributed by atoms with Gasteiger partial charge in [-0.2, -0.15) is 0 Å². The largest absolute Gasteiger partial charge is 0.481 e. The molecule has 98 valence electrons. The molecule has 0 heterocycles. The van der Waals surface area contributed by atoms with E-state index in [9.17, 15) is 4.79 Å². The van der Waals surface area contributed by atoms with Crippen LogP contribution in [0.2, 0.25) is 0 Å². The fraction of sp³-hybridized carbons (Fsp3) is 0.133. The molecule has 1 unspecified atom stereocenters. The normalized spacial score (nSPS) is 11.8. The molecule has 4 heteroatoms. The van der Waals surface area contributed by atoms with Crippen LogP contribution in [0.5, 0.6) is 5.75 Å². The summed E-state index contributed by atoms with van der Waals surface area (Å²) in [6.07, 6.45) is 0.0245. The van der Waals surface area contributed by atoms with Crippen molar-refractivity contribution in [3.05, 3.63) is 65.7 Å². The maximum absolute atomic E-state index is 10.6. The zero-order valence-electron chi connectivity index (χ0n) is 10.1. The van der Waals surface area contributed by atoms with Crippen LogP contribution in [0.4, 0.5) is 0 Å². The van der Waals surface area contributed by atoms with E-state index in [1.807, 2.05) is 30.3 Å². The molecule has 1 N–H and O–H groups in total. The SMILES string of the molecule is O=C(O)Cc1ccc(OC(Br)c2ccccc2)cc1. The van der Waals surface area contributed by atoms with Crippen molar-refractivity contribution in [1.29, 1.82) is 0 Å². The predicted molar refractivity (Wildman–Crippen MR) is 76.5 cm³/mol. The molecule has 0 aromatic heterocycles. The number of rotatable bonds is 5. The first-order chi connectivity index (χ1) is 9.15. The molecule has 3 nitrogen and oxygen atoms in total. The zero-order valence-corrected chi connectivity index (χ0v) is 11.7. The van der Waals surface area contributed by atoms with Crippen molar-refractivity contribution in [2.24, 2.45) is 0 Å². The Kier molecular flexibility index (Phi) is 4.58. The molecular weight excluding hydrogens is 308 g/mol. The van der Waals surface area contributed by atoms with Crippen molar-refractivity contribution >= 4 is 21.9 Å². The van der Waals surface area contributed by atoms with E-state index in [0.717, 1.165) is 11.1 Å². The number of carboxylic acid groups (broad SMARTS) is 1. The molecule has 0 spiro atoms. The van der Waals surface area contributed by atoms with Gasteiger partial charge in [0.05, 0.1) is 6.42 Å². The number of halogens is 1. The van der Waals surface area contributed by atoms with Crippen LogP contribution >= 0.6 is 15.9 Å². The number of carbonyl (C=O) groups is 1. The molecule has 2 aromatic rings. The minimum absolute atomic E-state index is 0.0245. The van der Waals surface area contributed by atoms with Crippen molar-refractivity contribution in [3.8, 4) is 5.75 Å². The van der Waals surface area contributed by atoms with Gasteiger partial charge < -0.3 is 9.84 Å². The lowest BCUT2D eigenvalue weighted by molar-refractivity contribution is -0.136. The van der Waals surface area contributed by atoms with Gasteiger partial charge in [-0.25, -0.2) is 0 Å². The van der Waals surface area contributed by atoms with Crippen molar-refractivity contribution in [2.75, 3.05) is 0 Å². The second-order valence-electron chi connectivity index (χ2n) is 4.06.